The highest BCUT2D eigenvalue weighted by molar-refractivity contribution is 5.95. The fourth-order valence-corrected chi connectivity index (χ4v) is 3.76. The number of nitrogens with one attached hydrogen (secondary N) is 1. The first-order valence-corrected chi connectivity index (χ1v) is 11.1. The van der Waals surface area contributed by atoms with Crippen LogP contribution in [0.5, 0.6) is 5.75 Å². The van der Waals surface area contributed by atoms with Crippen molar-refractivity contribution in [3.05, 3.63) is 53.8 Å². The number of carbonyl (C=O) groups excluding carboxylic acids is 1. The first-order valence-electron chi connectivity index (χ1n) is 11.1. The SMILES string of the molecule is C=CC1=C(NC)CCC(N(C(=O)c2ccc(OC(C)C)cc2)C2CC2)C1.CCC. The lowest BCUT2D eigenvalue weighted by Crippen LogP contribution is -2.43. The minimum Gasteiger partial charge on any atom is -0.491 e. The molecule has 1 atom stereocenters. The predicted octanol–water partition coefficient (Wildman–Crippen LogP) is 5.71. The van der Waals surface area contributed by atoms with E-state index in [9.17, 15) is 4.79 Å². The lowest BCUT2D eigenvalue weighted by Gasteiger charge is -2.36. The molecular weight excluding hydrogens is 360 g/mol. The molecule has 2 aliphatic carbocycles. The standard InChI is InChI=1S/C22H30N2O2.C3H8/c1-5-16-14-19(10-13-21(16)23-4)24(18-8-9-18)22(25)17-6-11-20(12-7-17)26-15(2)3;1-3-2/h5-7,11-12,15,18-19,23H,1,8-10,13-14H2,2-4H3;3H2,1-2H3. The van der Waals surface area contributed by atoms with Gasteiger partial charge in [0.05, 0.1) is 6.10 Å². The van der Waals surface area contributed by atoms with Crippen LogP contribution in [0.15, 0.2) is 48.2 Å². The van der Waals surface area contributed by atoms with Crippen molar-refractivity contribution in [2.45, 2.75) is 84.4 Å². The number of allylic oxidation sites excluding steroid dienone is 2. The van der Waals surface area contributed by atoms with E-state index in [1.807, 2.05) is 51.2 Å². The number of hydrogen-bond acceptors (Lipinski definition) is 3. The zero-order chi connectivity index (χ0) is 21.4. The van der Waals surface area contributed by atoms with Crippen molar-refractivity contribution >= 4 is 5.91 Å². The molecule has 1 N–H and O–H groups in total. The van der Waals surface area contributed by atoms with Crippen molar-refractivity contribution in [1.29, 1.82) is 0 Å². The highest BCUT2D eigenvalue weighted by Crippen LogP contribution is 2.36. The van der Waals surface area contributed by atoms with Gasteiger partial charge in [0.15, 0.2) is 0 Å². The topological polar surface area (TPSA) is 41.6 Å². The molecule has 0 heterocycles. The number of rotatable bonds is 7. The highest BCUT2D eigenvalue weighted by atomic mass is 16.5. The van der Waals surface area contributed by atoms with Gasteiger partial charge in [0.25, 0.3) is 5.91 Å². The average Bonchev–Trinajstić information content (AvgIpc) is 3.53. The van der Waals surface area contributed by atoms with E-state index in [-0.39, 0.29) is 18.1 Å². The van der Waals surface area contributed by atoms with Gasteiger partial charge in [-0.3, -0.25) is 4.79 Å². The summed E-state index contributed by atoms with van der Waals surface area (Å²) in [6, 6.07) is 8.22. The fraction of sp³-hybridized carbons (Fsp3) is 0.560. The van der Waals surface area contributed by atoms with Crippen LogP contribution in [0.3, 0.4) is 0 Å². The van der Waals surface area contributed by atoms with Crippen LogP contribution in [-0.4, -0.2) is 36.0 Å². The summed E-state index contributed by atoms with van der Waals surface area (Å²) in [4.78, 5) is 15.4. The second kappa shape index (κ2) is 11.1. The van der Waals surface area contributed by atoms with Crippen molar-refractivity contribution in [3.63, 3.8) is 0 Å². The lowest BCUT2D eigenvalue weighted by molar-refractivity contribution is 0.0643. The van der Waals surface area contributed by atoms with Crippen LogP contribution in [-0.2, 0) is 0 Å². The lowest BCUT2D eigenvalue weighted by atomic mass is 9.90. The number of nitrogens with zero attached hydrogens (tertiary/aromatic N) is 1. The minimum absolute atomic E-state index is 0.132. The molecule has 0 spiro atoms. The van der Waals surface area contributed by atoms with Crippen molar-refractivity contribution in [1.82, 2.24) is 10.2 Å². The molecule has 4 heteroatoms. The average molecular weight is 399 g/mol. The Bertz CT molecular complexity index is 702. The predicted molar refractivity (Wildman–Crippen MR) is 121 cm³/mol. The second-order valence-corrected chi connectivity index (χ2v) is 8.20. The molecule has 2 aliphatic rings. The maximum absolute atomic E-state index is 13.2. The van der Waals surface area contributed by atoms with Crippen LogP contribution < -0.4 is 10.1 Å². The zero-order valence-electron chi connectivity index (χ0n) is 18.8. The third-order valence-corrected chi connectivity index (χ3v) is 5.16. The molecule has 0 aliphatic heterocycles. The van der Waals surface area contributed by atoms with Crippen LogP contribution >= 0.6 is 0 Å². The summed E-state index contributed by atoms with van der Waals surface area (Å²) in [6.07, 6.45) is 8.41. The minimum atomic E-state index is 0.132. The van der Waals surface area contributed by atoms with E-state index in [0.29, 0.717) is 6.04 Å². The maximum Gasteiger partial charge on any atom is 0.254 e. The summed E-state index contributed by atoms with van der Waals surface area (Å²) in [5, 5.41) is 3.28. The summed E-state index contributed by atoms with van der Waals surface area (Å²) in [5.41, 5.74) is 3.24. The van der Waals surface area contributed by atoms with Crippen LogP contribution in [0.4, 0.5) is 0 Å². The van der Waals surface area contributed by atoms with Crippen LogP contribution in [0.1, 0.15) is 76.6 Å². The molecule has 3 rings (SSSR count). The molecular formula is C25H38N2O2. The number of hydrogen-bond donors (Lipinski definition) is 1. The third kappa shape index (κ3) is 6.38. The molecule has 0 bridgehead atoms. The Balaban J connectivity index is 0.000000941. The van der Waals surface area contributed by atoms with Gasteiger partial charge in [-0.25, -0.2) is 0 Å². The van der Waals surface area contributed by atoms with E-state index >= 15 is 0 Å². The van der Waals surface area contributed by atoms with E-state index in [1.165, 1.54) is 17.7 Å². The van der Waals surface area contributed by atoms with E-state index in [0.717, 1.165) is 43.4 Å². The van der Waals surface area contributed by atoms with Gasteiger partial charge in [0.2, 0.25) is 0 Å². The Labute approximate surface area is 177 Å². The Morgan fingerprint density at radius 2 is 1.83 bits per heavy atom. The molecule has 1 fully saturated rings. The van der Waals surface area contributed by atoms with Gasteiger partial charge in [-0.2, -0.15) is 0 Å². The van der Waals surface area contributed by atoms with Gasteiger partial charge in [-0.15, -0.1) is 0 Å². The van der Waals surface area contributed by atoms with Crippen LogP contribution in [0.2, 0.25) is 0 Å². The van der Waals surface area contributed by atoms with Gasteiger partial charge >= 0.3 is 0 Å². The Morgan fingerprint density at radius 3 is 2.31 bits per heavy atom. The summed E-state index contributed by atoms with van der Waals surface area (Å²) in [7, 11) is 1.96. The fourth-order valence-electron chi connectivity index (χ4n) is 3.76. The Kier molecular flexibility index (Phi) is 8.81. The van der Waals surface area contributed by atoms with Gasteiger partial charge < -0.3 is 15.0 Å². The smallest absolute Gasteiger partial charge is 0.254 e. The molecule has 1 aromatic carbocycles. The van der Waals surface area contributed by atoms with Crippen LogP contribution in [0, 0.1) is 0 Å². The van der Waals surface area contributed by atoms with Gasteiger partial charge in [-0.1, -0.05) is 32.9 Å². The van der Waals surface area contributed by atoms with Crippen molar-refractivity contribution < 1.29 is 9.53 Å². The quantitative estimate of drug-likeness (QED) is 0.640. The number of carbonyl (C=O) groups is 1. The normalized spacial score (nSPS) is 18.6. The zero-order valence-corrected chi connectivity index (χ0v) is 18.8. The molecule has 29 heavy (non-hydrogen) atoms. The third-order valence-electron chi connectivity index (χ3n) is 5.16. The van der Waals surface area contributed by atoms with Crippen molar-refractivity contribution in [2.24, 2.45) is 0 Å². The Hall–Kier alpha value is -2.23. The number of benzene rings is 1. The van der Waals surface area contributed by atoms with E-state index in [4.69, 9.17) is 4.74 Å². The molecule has 1 unspecified atom stereocenters. The maximum atomic E-state index is 13.2. The van der Waals surface area contributed by atoms with E-state index in [1.54, 1.807) is 0 Å². The largest absolute Gasteiger partial charge is 0.491 e. The molecule has 1 aromatic rings. The first kappa shape index (κ1) is 23.1. The molecule has 0 saturated heterocycles. The van der Waals surface area contributed by atoms with Crippen molar-refractivity contribution in [3.8, 4) is 5.75 Å². The Morgan fingerprint density at radius 1 is 1.21 bits per heavy atom. The molecule has 1 amide bonds. The van der Waals surface area contributed by atoms with Crippen molar-refractivity contribution in [2.75, 3.05) is 7.05 Å². The van der Waals surface area contributed by atoms with Gasteiger partial charge in [0.1, 0.15) is 5.75 Å². The summed E-state index contributed by atoms with van der Waals surface area (Å²) in [6.45, 7) is 12.2. The monoisotopic (exact) mass is 398 g/mol. The number of ether oxygens (including phenoxy) is 1. The van der Waals surface area contributed by atoms with Gasteiger partial charge in [0, 0.05) is 30.4 Å². The van der Waals surface area contributed by atoms with Gasteiger partial charge in [-0.05, 0) is 75.8 Å². The van der Waals surface area contributed by atoms with E-state index in [2.05, 4.69) is 30.6 Å². The van der Waals surface area contributed by atoms with E-state index < -0.39 is 0 Å². The molecule has 1 saturated carbocycles. The highest BCUT2D eigenvalue weighted by Gasteiger charge is 2.39. The summed E-state index contributed by atoms with van der Waals surface area (Å²) >= 11 is 0. The number of amides is 1. The van der Waals surface area contributed by atoms with Crippen LogP contribution in [0.25, 0.3) is 0 Å². The summed E-state index contributed by atoms with van der Waals surface area (Å²) in [5.74, 6) is 0.952. The first-order chi connectivity index (χ1) is 13.9. The molecule has 160 valence electrons. The molecule has 0 radical (unpaired) electrons. The molecule has 0 aromatic heterocycles. The molecule has 4 nitrogen and oxygen atoms in total. The second-order valence-electron chi connectivity index (χ2n) is 8.20. The summed E-state index contributed by atoms with van der Waals surface area (Å²) < 4.78 is 5.69.